The van der Waals surface area contributed by atoms with Gasteiger partial charge in [-0.2, -0.15) is 0 Å². The summed E-state index contributed by atoms with van der Waals surface area (Å²) >= 11 is 1.52. The Morgan fingerprint density at radius 1 is 1.38 bits per heavy atom. The number of halogens is 1. The van der Waals surface area contributed by atoms with E-state index in [2.05, 4.69) is 15.2 Å². The molecule has 26 heavy (non-hydrogen) atoms. The van der Waals surface area contributed by atoms with Gasteiger partial charge in [-0.1, -0.05) is 11.3 Å². The zero-order chi connectivity index (χ0) is 18.1. The van der Waals surface area contributed by atoms with Gasteiger partial charge >= 0.3 is 0 Å². The van der Waals surface area contributed by atoms with Gasteiger partial charge in [0.05, 0.1) is 10.2 Å². The van der Waals surface area contributed by atoms with Gasteiger partial charge in [-0.05, 0) is 44.0 Å². The van der Waals surface area contributed by atoms with Crippen LogP contribution in [0.4, 0.5) is 4.39 Å². The molecular formula is C18H20BFN4OS. The summed E-state index contributed by atoms with van der Waals surface area (Å²) in [6, 6.07) is 5.65. The fraction of sp³-hybridized carbons (Fsp3) is 0.444. The molecule has 5 nitrogen and oxygen atoms in total. The average molecular weight is 370 g/mol. The standard InChI is InChI=1S/C18H20BFN4OS/c19-16-11-24-14-3-2-12(10-15(14)26-18(24)22-16)17(25)21-6-1-7-23-8-4-13(20)5-9-23/h2-3,10-11,13H,1,4-9H2,(H,21,25). The summed E-state index contributed by atoms with van der Waals surface area (Å²) in [5.41, 5.74) is 2.14. The fourth-order valence-electron chi connectivity index (χ4n) is 3.39. The van der Waals surface area contributed by atoms with Gasteiger partial charge in [0, 0.05) is 37.0 Å². The molecule has 1 aliphatic heterocycles. The van der Waals surface area contributed by atoms with Gasteiger partial charge in [0.25, 0.3) is 5.91 Å². The van der Waals surface area contributed by atoms with Crippen molar-refractivity contribution in [3.05, 3.63) is 30.0 Å². The number of nitrogens with one attached hydrogen (secondary N) is 1. The van der Waals surface area contributed by atoms with Crippen molar-refractivity contribution in [3.63, 3.8) is 0 Å². The van der Waals surface area contributed by atoms with Crippen LogP contribution < -0.4 is 10.9 Å². The summed E-state index contributed by atoms with van der Waals surface area (Å²) in [5, 5.41) is 2.97. The number of piperidine rings is 1. The van der Waals surface area contributed by atoms with Crippen LogP contribution in [0.5, 0.6) is 0 Å². The first kappa shape index (κ1) is 17.5. The molecule has 1 N–H and O–H groups in total. The number of thiazole rings is 1. The van der Waals surface area contributed by atoms with E-state index >= 15 is 0 Å². The Kier molecular flexibility index (Phi) is 4.95. The topological polar surface area (TPSA) is 49.6 Å². The average Bonchev–Trinajstić information content (AvgIpc) is 3.15. The van der Waals surface area contributed by atoms with Crippen molar-refractivity contribution in [2.24, 2.45) is 0 Å². The first-order chi connectivity index (χ1) is 12.6. The zero-order valence-electron chi connectivity index (χ0n) is 14.4. The number of alkyl halides is 1. The van der Waals surface area contributed by atoms with E-state index in [9.17, 15) is 9.18 Å². The van der Waals surface area contributed by atoms with Crippen LogP contribution in [0.3, 0.4) is 0 Å². The molecule has 1 saturated heterocycles. The van der Waals surface area contributed by atoms with E-state index in [0.717, 1.165) is 41.2 Å². The summed E-state index contributed by atoms with van der Waals surface area (Å²) in [6.45, 7) is 3.15. The number of rotatable bonds is 5. The second-order valence-electron chi connectivity index (χ2n) is 6.73. The van der Waals surface area contributed by atoms with Crippen LogP contribution in [0.15, 0.2) is 24.4 Å². The molecule has 134 valence electrons. The Labute approximate surface area is 156 Å². The third-order valence-electron chi connectivity index (χ3n) is 4.83. The minimum Gasteiger partial charge on any atom is -0.352 e. The van der Waals surface area contributed by atoms with Gasteiger partial charge in [0.2, 0.25) is 0 Å². The summed E-state index contributed by atoms with van der Waals surface area (Å²) < 4.78 is 16.1. The highest BCUT2D eigenvalue weighted by molar-refractivity contribution is 7.23. The van der Waals surface area contributed by atoms with Crippen molar-refractivity contribution in [2.45, 2.75) is 25.4 Å². The van der Waals surface area contributed by atoms with Gasteiger partial charge < -0.3 is 10.2 Å². The first-order valence-corrected chi connectivity index (χ1v) is 9.73. The quantitative estimate of drug-likeness (QED) is 0.551. The minimum absolute atomic E-state index is 0.0695. The molecule has 0 saturated carbocycles. The number of carbonyl (C=O) groups excluding carboxylic acids is 1. The van der Waals surface area contributed by atoms with Crippen LogP contribution in [0, 0.1) is 0 Å². The molecule has 0 atom stereocenters. The monoisotopic (exact) mass is 370 g/mol. The molecular weight excluding hydrogens is 350 g/mol. The van der Waals surface area contributed by atoms with E-state index in [1.165, 1.54) is 11.3 Å². The molecule has 8 heteroatoms. The van der Waals surface area contributed by atoms with Crippen LogP contribution in [-0.4, -0.2) is 60.4 Å². The van der Waals surface area contributed by atoms with Crippen molar-refractivity contribution < 1.29 is 9.18 Å². The predicted octanol–water partition coefficient (Wildman–Crippen LogP) is 1.90. The molecule has 4 rings (SSSR count). The maximum absolute atomic E-state index is 13.1. The number of aromatic nitrogens is 2. The smallest absolute Gasteiger partial charge is 0.251 e. The fourth-order valence-corrected chi connectivity index (χ4v) is 4.45. The van der Waals surface area contributed by atoms with E-state index in [-0.39, 0.29) is 5.91 Å². The van der Waals surface area contributed by atoms with Crippen molar-refractivity contribution in [3.8, 4) is 0 Å². The third-order valence-corrected chi connectivity index (χ3v) is 5.85. The van der Waals surface area contributed by atoms with Crippen LogP contribution in [0.1, 0.15) is 29.6 Å². The number of imidazole rings is 1. The van der Waals surface area contributed by atoms with E-state index in [1.807, 2.05) is 22.6 Å². The molecule has 3 heterocycles. The van der Waals surface area contributed by atoms with Crippen molar-refractivity contribution in [2.75, 3.05) is 26.2 Å². The van der Waals surface area contributed by atoms with Crippen LogP contribution in [0.25, 0.3) is 15.2 Å². The molecule has 1 amide bonds. The van der Waals surface area contributed by atoms with Crippen molar-refractivity contribution in [1.29, 1.82) is 0 Å². The Morgan fingerprint density at radius 2 is 2.19 bits per heavy atom. The molecule has 0 bridgehead atoms. The molecule has 1 aromatic carbocycles. The Bertz CT molecular complexity index is 932. The van der Waals surface area contributed by atoms with Crippen molar-refractivity contribution >= 4 is 45.9 Å². The van der Waals surface area contributed by atoms with Crippen LogP contribution in [0.2, 0.25) is 0 Å². The lowest BCUT2D eigenvalue weighted by Gasteiger charge is -2.28. The summed E-state index contributed by atoms with van der Waals surface area (Å²) in [7, 11) is 5.72. The van der Waals surface area contributed by atoms with E-state index < -0.39 is 6.17 Å². The lowest BCUT2D eigenvalue weighted by atomic mass is 10.1. The number of amides is 1. The summed E-state index contributed by atoms with van der Waals surface area (Å²) in [5.74, 6) is -0.0695. The normalized spacial score (nSPS) is 16.5. The molecule has 1 fully saturated rings. The molecule has 0 spiro atoms. The first-order valence-electron chi connectivity index (χ1n) is 8.92. The SMILES string of the molecule is [B]c1cn2c(n1)sc1cc(C(=O)NCCCN3CCC(F)CC3)ccc12. The zero-order valence-corrected chi connectivity index (χ0v) is 15.3. The highest BCUT2D eigenvalue weighted by atomic mass is 32.1. The number of fused-ring (bicyclic) bond motifs is 3. The number of likely N-dealkylation sites (tertiary alicyclic amines) is 1. The molecule has 2 radical (unpaired) electrons. The number of hydrogen-bond donors (Lipinski definition) is 1. The number of hydrogen-bond acceptors (Lipinski definition) is 4. The lowest BCUT2D eigenvalue weighted by Crippen LogP contribution is -2.36. The van der Waals surface area contributed by atoms with Gasteiger partial charge in [-0.3, -0.25) is 9.20 Å². The third kappa shape index (κ3) is 3.62. The van der Waals surface area contributed by atoms with Gasteiger partial charge in [-0.25, -0.2) is 9.37 Å². The minimum atomic E-state index is -0.641. The summed E-state index contributed by atoms with van der Waals surface area (Å²) in [6.07, 6.45) is 3.28. The summed E-state index contributed by atoms with van der Waals surface area (Å²) in [4.78, 5) is 19.7. The number of nitrogens with zero attached hydrogens (tertiary/aromatic N) is 3. The highest BCUT2D eigenvalue weighted by Crippen LogP contribution is 2.25. The lowest BCUT2D eigenvalue weighted by molar-refractivity contribution is 0.0950. The van der Waals surface area contributed by atoms with Crippen LogP contribution >= 0.6 is 11.3 Å². The second kappa shape index (κ2) is 7.36. The van der Waals surface area contributed by atoms with E-state index in [0.29, 0.717) is 30.5 Å². The van der Waals surface area contributed by atoms with E-state index in [4.69, 9.17) is 7.85 Å². The highest BCUT2D eigenvalue weighted by Gasteiger charge is 2.17. The maximum Gasteiger partial charge on any atom is 0.251 e. The van der Waals surface area contributed by atoms with Gasteiger partial charge in [0.15, 0.2) is 4.96 Å². The molecule has 1 aliphatic rings. The molecule has 2 aromatic heterocycles. The Balaban J connectivity index is 1.33. The van der Waals surface area contributed by atoms with Crippen molar-refractivity contribution in [1.82, 2.24) is 19.6 Å². The Morgan fingerprint density at radius 3 is 3.00 bits per heavy atom. The molecule has 3 aromatic rings. The molecule has 0 unspecified atom stereocenters. The van der Waals surface area contributed by atoms with Gasteiger partial charge in [0.1, 0.15) is 14.0 Å². The van der Waals surface area contributed by atoms with Crippen LogP contribution in [-0.2, 0) is 0 Å². The number of benzene rings is 1. The van der Waals surface area contributed by atoms with E-state index in [1.54, 1.807) is 6.20 Å². The largest absolute Gasteiger partial charge is 0.352 e. The Hall–Kier alpha value is -1.93. The maximum atomic E-state index is 13.1. The predicted molar refractivity (Wildman–Crippen MR) is 103 cm³/mol. The second-order valence-corrected chi connectivity index (χ2v) is 7.74. The number of carbonyl (C=O) groups is 1. The van der Waals surface area contributed by atoms with Gasteiger partial charge in [-0.15, -0.1) is 0 Å². The molecule has 0 aliphatic carbocycles.